The molecule has 0 saturated heterocycles. The molecule has 1 N–H and O–H groups in total. The standard InChI is InChI=1S/C52H43BN4O/c1-51-29-17-18-30-52(51,2)54-43-34-44-42(33-41(43)51)53-48-45(56(44)37-23-11-5-12-24-37)31-39(55(35-19-7-3-8-20-35)36-21-9-4-10-22-36)32-46(48)57(38-25-13-6-14-26-38)49-40-27-15-16-28-47(40)58-50(49)53/h3-16,19-28,31-34,54H,17-18,29-30H2,1-2H3. The van der Waals surface area contributed by atoms with E-state index >= 15 is 0 Å². The highest BCUT2D eigenvalue weighted by atomic mass is 16.3. The van der Waals surface area contributed by atoms with Crippen molar-refractivity contribution in [3.8, 4) is 0 Å². The van der Waals surface area contributed by atoms with Crippen LogP contribution in [0.15, 0.2) is 174 Å². The minimum absolute atomic E-state index is 0.00659. The highest BCUT2D eigenvalue weighted by Gasteiger charge is 2.55. The maximum atomic E-state index is 7.19. The van der Waals surface area contributed by atoms with Crippen LogP contribution in [0.2, 0.25) is 0 Å². The van der Waals surface area contributed by atoms with Crippen LogP contribution in [-0.2, 0) is 5.41 Å². The first-order valence-corrected chi connectivity index (χ1v) is 20.8. The van der Waals surface area contributed by atoms with Crippen molar-refractivity contribution in [1.29, 1.82) is 0 Å². The maximum Gasteiger partial charge on any atom is 0.297 e. The molecule has 2 unspecified atom stereocenters. The number of furan rings is 1. The third kappa shape index (κ3) is 4.66. The number of rotatable bonds is 5. The van der Waals surface area contributed by atoms with Crippen molar-refractivity contribution in [2.45, 2.75) is 50.5 Å². The molecule has 0 spiro atoms. The van der Waals surface area contributed by atoms with Crippen molar-refractivity contribution < 1.29 is 4.42 Å². The van der Waals surface area contributed by atoms with E-state index in [1.165, 1.54) is 47.1 Å². The van der Waals surface area contributed by atoms with Crippen molar-refractivity contribution in [1.82, 2.24) is 0 Å². The van der Waals surface area contributed by atoms with Crippen molar-refractivity contribution in [2.75, 3.05) is 20.0 Å². The van der Waals surface area contributed by atoms with Crippen molar-refractivity contribution >= 4 is 91.1 Å². The first-order valence-electron chi connectivity index (χ1n) is 20.8. The molecule has 0 bridgehead atoms. The van der Waals surface area contributed by atoms with Gasteiger partial charge in [0.1, 0.15) is 5.58 Å². The average molecular weight is 751 g/mol. The summed E-state index contributed by atoms with van der Waals surface area (Å²) in [6.07, 6.45) is 4.84. The molecule has 2 atom stereocenters. The van der Waals surface area contributed by atoms with E-state index in [9.17, 15) is 0 Å². The molecule has 58 heavy (non-hydrogen) atoms. The van der Waals surface area contributed by atoms with Gasteiger partial charge in [-0.2, -0.15) is 0 Å². The monoisotopic (exact) mass is 750 g/mol. The summed E-state index contributed by atoms with van der Waals surface area (Å²) in [7, 11) is 0. The molecule has 280 valence electrons. The molecule has 4 heterocycles. The molecule has 6 heteroatoms. The van der Waals surface area contributed by atoms with Gasteiger partial charge in [0.2, 0.25) is 0 Å². The summed E-state index contributed by atoms with van der Waals surface area (Å²) in [4.78, 5) is 7.39. The normalized spacial score (nSPS) is 19.8. The lowest BCUT2D eigenvalue weighted by molar-refractivity contribution is 0.214. The van der Waals surface area contributed by atoms with E-state index in [-0.39, 0.29) is 17.7 Å². The van der Waals surface area contributed by atoms with Gasteiger partial charge in [-0.1, -0.05) is 111 Å². The Morgan fingerprint density at radius 1 is 0.586 bits per heavy atom. The van der Waals surface area contributed by atoms with Gasteiger partial charge >= 0.3 is 0 Å². The van der Waals surface area contributed by atoms with Gasteiger partial charge in [0.05, 0.1) is 17.0 Å². The van der Waals surface area contributed by atoms with Crippen LogP contribution < -0.4 is 36.6 Å². The maximum absolute atomic E-state index is 7.19. The third-order valence-electron chi connectivity index (χ3n) is 13.8. The molecular formula is C52H43BN4O. The number of nitrogens with zero attached hydrogens (tertiary/aromatic N) is 3. The minimum Gasteiger partial charge on any atom is -0.468 e. The van der Waals surface area contributed by atoms with Gasteiger partial charge in [0.15, 0.2) is 0 Å². The van der Waals surface area contributed by atoms with Crippen LogP contribution in [0.25, 0.3) is 11.0 Å². The minimum atomic E-state index is -0.136. The van der Waals surface area contributed by atoms with E-state index in [1.54, 1.807) is 0 Å². The van der Waals surface area contributed by atoms with Crippen LogP contribution in [0.4, 0.5) is 56.9 Å². The topological polar surface area (TPSA) is 34.9 Å². The van der Waals surface area contributed by atoms with Gasteiger partial charge in [-0.3, -0.25) is 0 Å². The molecule has 1 aliphatic carbocycles. The van der Waals surface area contributed by atoms with E-state index in [0.717, 1.165) is 68.5 Å². The molecule has 1 saturated carbocycles. The molecule has 4 aliphatic rings. The number of nitrogens with one attached hydrogen (secondary N) is 1. The molecule has 0 radical (unpaired) electrons. The Morgan fingerprint density at radius 2 is 1.16 bits per heavy atom. The van der Waals surface area contributed by atoms with Gasteiger partial charge in [-0.05, 0) is 115 Å². The smallest absolute Gasteiger partial charge is 0.297 e. The lowest BCUT2D eigenvalue weighted by atomic mass is 9.35. The molecule has 7 aromatic carbocycles. The van der Waals surface area contributed by atoms with E-state index in [2.05, 4.69) is 204 Å². The summed E-state index contributed by atoms with van der Waals surface area (Å²) in [5.41, 5.74) is 17.2. The number of hydrogen-bond donors (Lipinski definition) is 1. The zero-order valence-corrected chi connectivity index (χ0v) is 32.8. The third-order valence-corrected chi connectivity index (χ3v) is 13.8. The molecule has 3 aliphatic heterocycles. The van der Waals surface area contributed by atoms with E-state index in [1.807, 2.05) is 0 Å². The molecule has 8 aromatic rings. The Hall–Kier alpha value is -6.66. The summed E-state index contributed by atoms with van der Waals surface area (Å²) >= 11 is 0. The van der Waals surface area contributed by atoms with Crippen molar-refractivity contribution in [2.24, 2.45) is 0 Å². The molecule has 12 rings (SSSR count). The van der Waals surface area contributed by atoms with E-state index < -0.39 is 0 Å². The lowest BCUT2D eigenvalue weighted by Gasteiger charge is -2.46. The number of benzene rings is 7. The van der Waals surface area contributed by atoms with Crippen LogP contribution in [0.1, 0.15) is 45.1 Å². The molecule has 5 nitrogen and oxygen atoms in total. The largest absolute Gasteiger partial charge is 0.468 e. The summed E-state index contributed by atoms with van der Waals surface area (Å²) in [5.74, 6) is 0. The number of fused-ring (bicyclic) bond motifs is 9. The highest BCUT2D eigenvalue weighted by molar-refractivity contribution is 7.00. The fraction of sp³-hybridized carbons (Fsp3) is 0.154. The molecular weight excluding hydrogens is 707 g/mol. The Kier molecular flexibility index (Phi) is 7.17. The van der Waals surface area contributed by atoms with Gasteiger partial charge < -0.3 is 24.4 Å². The summed E-state index contributed by atoms with van der Waals surface area (Å²) in [5, 5.41) is 5.25. The summed E-state index contributed by atoms with van der Waals surface area (Å²) < 4.78 is 7.19. The predicted octanol–water partition coefficient (Wildman–Crippen LogP) is 12.0. The van der Waals surface area contributed by atoms with Gasteiger partial charge in [0.25, 0.3) is 6.71 Å². The second kappa shape index (κ2) is 12.4. The number of para-hydroxylation sites is 5. The van der Waals surface area contributed by atoms with Gasteiger partial charge in [0, 0.05) is 61.8 Å². The van der Waals surface area contributed by atoms with Gasteiger partial charge in [-0.15, -0.1) is 0 Å². The predicted molar refractivity (Wildman–Crippen MR) is 243 cm³/mol. The lowest BCUT2D eigenvalue weighted by Crippen LogP contribution is -2.61. The second-order valence-corrected chi connectivity index (χ2v) is 16.9. The van der Waals surface area contributed by atoms with Crippen molar-refractivity contribution in [3.05, 3.63) is 175 Å². The Labute approximate surface area is 340 Å². The Bertz CT molecular complexity index is 2840. The second-order valence-electron chi connectivity index (χ2n) is 16.9. The fourth-order valence-electron chi connectivity index (χ4n) is 10.9. The van der Waals surface area contributed by atoms with Crippen LogP contribution in [-0.4, -0.2) is 12.3 Å². The van der Waals surface area contributed by atoms with Crippen molar-refractivity contribution in [3.63, 3.8) is 0 Å². The Balaban J connectivity index is 1.22. The Morgan fingerprint density at radius 3 is 1.83 bits per heavy atom. The molecule has 1 fully saturated rings. The zero-order chi connectivity index (χ0) is 38.6. The van der Waals surface area contributed by atoms with Gasteiger partial charge in [-0.25, -0.2) is 0 Å². The number of anilines is 10. The quantitative estimate of drug-likeness (QED) is 0.177. The first kappa shape index (κ1) is 33.5. The van der Waals surface area contributed by atoms with E-state index in [4.69, 9.17) is 4.42 Å². The summed E-state index contributed by atoms with van der Waals surface area (Å²) in [6, 6.07) is 61.8. The fourth-order valence-corrected chi connectivity index (χ4v) is 10.9. The van der Waals surface area contributed by atoms with Crippen LogP contribution >= 0.6 is 0 Å². The highest BCUT2D eigenvalue weighted by Crippen LogP contribution is 2.57. The SMILES string of the molecule is CC12CCCCC1(C)c1cc3c(cc1N2)N(c1ccccc1)c1cc(N(c2ccccc2)c2ccccc2)cc2c1B3c1oc3ccccc3c1N2c1ccccc1. The summed E-state index contributed by atoms with van der Waals surface area (Å²) in [6.45, 7) is 4.83. The van der Waals surface area contributed by atoms with Crippen LogP contribution in [0, 0.1) is 0 Å². The molecule has 1 aromatic heterocycles. The number of hydrogen-bond acceptors (Lipinski definition) is 5. The average Bonchev–Trinajstić information content (AvgIpc) is 3.76. The first-order chi connectivity index (χ1) is 28.5. The zero-order valence-electron chi connectivity index (χ0n) is 32.8. The van der Waals surface area contributed by atoms with Crippen LogP contribution in [0.3, 0.4) is 0 Å². The molecule has 0 amide bonds. The van der Waals surface area contributed by atoms with Crippen LogP contribution in [0.5, 0.6) is 0 Å². The van der Waals surface area contributed by atoms with E-state index in [0.29, 0.717) is 0 Å².